The fourth-order valence-electron chi connectivity index (χ4n) is 2.29. The van der Waals surface area contributed by atoms with Gasteiger partial charge in [0.1, 0.15) is 5.76 Å². The van der Waals surface area contributed by atoms with Crippen molar-refractivity contribution in [3.05, 3.63) is 77.9 Å². The first kappa shape index (κ1) is 11.7. The molecule has 0 N–H and O–H groups in total. The van der Waals surface area contributed by atoms with Gasteiger partial charge in [0, 0.05) is 11.5 Å². The molecule has 94 valence electrons. The average molecular weight is 250 g/mol. The summed E-state index contributed by atoms with van der Waals surface area (Å²) in [4.78, 5) is 11.8. The molecular formula is C17H14O2. The van der Waals surface area contributed by atoms with Crippen LogP contribution < -0.4 is 0 Å². The van der Waals surface area contributed by atoms with Gasteiger partial charge >= 0.3 is 5.97 Å². The standard InChI is InChI=1S/C17H14O2/c18-17-12-15(13-7-3-1-4-8-13)11-16(19-17)14-9-5-2-6-10-14/h1-11,15H,12H2/t15-/m0/s1. The number of carbonyl (C=O) groups excluding carboxylic acids is 1. The Bertz CT molecular complexity index is 600. The van der Waals surface area contributed by atoms with Gasteiger partial charge in [0.2, 0.25) is 0 Å². The third-order valence-electron chi connectivity index (χ3n) is 3.25. The normalized spacial score (nSPS) is 18.6. The van der Waals surface area contributed by atoms with Gasteiger partial charge < -0.3 is 4.74 Å². The van der Waals surface area contributed by atoms with Crippen LogP contribution in [0.2, 0.25) is 0 Å². The topological polar surface area (TPSA) is 26.3 Å². The van der Waals surface area contributed by atoms with Crippen LogP contribution in [0.15, 0.2) is 66.7 Å². The van der Waals surface area contributed by atoms with Gasteiger partial charge in [-0.1, -0.05) is 60.7 Å². The molecule has 0 bridgehead atoms. The van der Waals surface area contributed by atoms with Crippen molar-refractivity contribution in [1.82, 2.24) is 0 Å². The van der Waals surface area contributed by atoms with Crippen LogP contribution in [-0.2, 0) is 9.53 Å². The highest BCUT2D eigenvalue weighted by molar-refractivity contribution is 5.82. The smallest absolute Gasteiger partial charge is 0.312 e. The molecule has 0 amide bonds. The van der Waals surface area contributed by atoms with E-state index in [4.69, 9.17) is 4.74 Å². The minimum absolute atomic E-state index is 0.0951. The van der Waals surface area contributed by atoms with Crippen LogP contribution in [0.3, 0.4) is 0 Å². The molecule has 1 heterocycles. The van der Waals surface area contributed by atoms with Gasteiger partial charge in [0.15, 0.2) is 0 Å². The minimum atomic E-state index is -0.171. The van der Waals surface area contributed by atoms with Crippen molar-refractivity contribution < 1.29 is 9.53 Å². The second kappa shape index (κ2) is 5.11. The quantitative estimate of drug-likeness (QED) is 0.759. The van der Waals surface area contributed by atoms with E-state index in [1.807, 2.05) is 66.7 Å². The number of benzene rings is 2. The van der Waals surface area contributed by atoms with Gasteiger partial charge in [-0.2, -0.15) is 0 Å². The molecule has 2 aromatic carbocycles. The van der Waals surface area contributed by atoms with Crippen LogP contribution in [0.5, 0.6) is 0 Å². The maximum absolute atomic E-state index is 11.8. The Morgan fingerprint density at radius 3 is 2.21 bits per heavy atom. The molecule has 0 radical (unpaired) electrons. The summed E-state index contributed by atoms with van der Waals surface area (Å²) in [6, 6.07) is 19.8. The zero-order chi connectivity index (χ0) is 13.1. The molecule has 0 aromatic heterocycles. The lowest BCUT2D eigenvalue weighted by Crippen LogP contribution is -2.14. The zero-order valence-electron chi connectivity index (χ0n) is 10.5. The highest BCUT2D eigenvalue weighted by Gasteiger charge is 2.23. The Morgan fingerprint density at radius 1 is 0.895 bits per heavy atom. The zero-order valence-corrected chi connectivity index (χ0v) is 10.5. The van der Waals surface area contributed by atoms with E-state index in [1.54, 1.807) is 0 Å². The van der Waals surface area contributed by atoms with E-state index >= 15 is 0 Å². The molecule has 2 heteroatoms. The molecule has 19 heavy (non-hydrogen) atoms. The molecule has 2 aromatic rings. The number of hydrogen-bond donors (Lipinski definition) is 0. The van der Waals surface area contributed by atoms with Gasteiger partial charge in [0.25, 0.3) is 0 Å². The lowest BCUT2D eigenvalue weighted by Gasteiger charge is -2.21. The second-order valence-corrected chi connectivity index (χ2v) is 4.59. The fraction of sp³-hybridized carbons (Fsp3) is 0.118. The van der Waals surface area contributed by atoms with Gasteiger partial charge in [0.05, 0.1) is 6.42 Å². The van der Waals surface area contributed by atoms with Crippen molar-refractivity contribution in [2.45, 2.75) is 12.3 Å². The van der Waals surface area contributed by atoms with E-state index in [-0.39, 0.29) is 11.9 Å². The SMILES string of the molecule is O=C1C[C@@H](c2ccccc2)C=C(c2ccccc2)O1. The molecular weight excluding hydrogens is 236 g/mol. The number of hydrogen-bond acceptors (Lipinski definition) is 2. The Kier molecular flexibility index (Phi) is 3.15. The summed E-state index contributed by atoms with van der Waals surface area (Å²) >= 11 is 0. The third-order valence-corrected chi connectivity index (χ3v) is 3.25. The molecule has 1 aliphatic heterocycles. The number of allylic oxidation sites excluding steroid dienone is 1. The molecule has 1 atom stereocenters. The molecule has 0 saturated carbocycles. The molecule has 2 nitrogen and oxygen atoms in total. The van der Waals surface area contributed by atoms with Crippen LogP contribution >= 0.6 is 0 Å². The number of ether oxygens (including phenoxy) is 1. The first-order chi connectivity index (χ1) is 9.33. The van der Waals surface area contributed by atoms with Crippen LogP contribution in [0.25, 0.3) is 5.76 Å². The van der Waals surface area contributed by atoms with E-state index in [0.29, 0.717) is 12.2 Å². The van der Waals surface area contributed by atoms with Crippen molar-refractivity contribution in [2.24, 2.45) is 0 Å². The Morgan fingerprint density at radius 2 is 1.53 bits per heavy atom. The summed E-state index contributed by atoms with van der Waals surface area (Å²) in [7, 11) is 0. The largest absolute Gasteiger partial charge is 0.426 e. The maximum Gasteiger partial charge on any atom is 0.312 e. The molecule has 0 saturated heterocycles. The number of rotatable bonds is 2. The van der Waals surface area contributed by atoms with E-state index in [1.165, 1.54) is 0 Å². The Labute approximate surface area is 112 Å². The summed E-state index contributed by atoms with van der Waals surface area (Å²) in [6.45, 7) is 0. The Balaban J connectivity index is 1.97. The third kappa shape index (κ3) is 2.58. The predicted octanol–water partition coefficient (Wildman–Crippen LogP) is 3.76. The van der Waals surface area contributed by atoms with Crippen molar-refractivity contribution in [2.75, 3.05) is 0 Å². The van der Waals surface area contributed by atoms with Gasteiger partial charge in [-0.15, -0.1) is 0 Å². The predicted molar refractivity (Wildman–Crippen MR) is 74.3 cm³/mol. The minimum Gasteiger partial charge on any atom is -0.426 e. The van der Waals surface area contributed by atoms with Crippen molar-refractivity contribution in [3.63, 3.8) is 0 Å². The fourth-order valence-corrected chi connectivity index (χ4v) is 2.29. The molecule has 0 spiro atoms. The number of carbonyl (C=O) groups is 1. The van der Waals surface area contributed by atoms with Crippen LogP contribution in [0, 0.1) is 0 Å². The van der Waals surface area contributed by atoms with Crippen LogP contribution in [0.1, 0.15) is 23.5 Å². The number of cyclic esters (lactones) is 1. The van der Waals surface area contributed by atoms with E-state index in [9.17, 15) is 4.79 Å². The van der Waals surface area contributed by atoms with Crippen LogP contribution in [-0.4, -0.2) is 5.97 Å². The van der Waals surface area contributed by atoms with Crippen molar-refractivity contribution in [1.29, 1.82) is 0 Å². The highest BCUT2D eigenvalue weighted by atomic mass is 16.5. The van der Waals surface area contributed by atoms with E-state index in [0.717, 1.165) is 11.1 Å². The van der Waals surface area contributed by atoms with Crippen molar-refractivity contribution >= 4 is 11.7 Å². The lowest BCUT2D eigenvalue weighted by atomic mass is 9.92. The average Bonchev–Trinajstić information content (AvgIpc) is 2.48. The Hall–Kier alpha value is -2.35. The first-order valence-corrected chi connectivity index (χ1v) is 6.36. The summed E-state index contributed by atoms with van der Waals surface area (Å²) in [6.07, 6.45) is 2.44. The molecule has 0 fully saturated rings. The first-order valence-electron chi connectivity index (χ1n) is 6.36. The molecule has 0 aliphatic carbocycles. The number of esters is 1. The summed E-state index contributed by atoms with van der Waals surface area (Å²) in [5, 5.41) is 0. The maximum atomic E-state index is 11.8. The van der Waals surface area contributed by atoms with Gasteiger partial charge in [-0.05, 0) is 11.6 Å². The lowest BCUT2D eigenvalue weighted by molar-refractivity contribution is -0.137. The van der Waals surface area contributed by atoms with E-state index in [2.05, 4.69) is 0 Å². The van der Waals surface area contributed by atoms with Crippen LogP contribution in [0.4, 0.5) is 0 Å². The van der Waals surface area contributed by atoms with Gasteiger partial charge in [-0.25, -0.2) is 0 Å². The van der Waals surface area contributed by atoms with Gasteiger partial charge in [-0.3, -0.25) is 4.79 Å². The summed E-state index contributed by atoms with van der Waals surface area (Å²) in [5.41, 5.74) is 2.09. The second-order valence-electron chi connectivity index (χ2n) is 4.59. The molecule has 0 unspecified atom stereocenters. The summed E-state index contributed by atoms with van der Waals surface area (Å²) in [5.74, 6) is 0.582. The molecule has 3 rings (SSSR count). The van der Waals surface area contributed by atoms with E-state index < -0.39 is 0 Å². The monoisotopic (exact) mass is 250 g/mol. The summed E-state index contributed by atoms with van der Waals surface area (Å²) < 4.78 is 5.35. The van der Waals surface area contributed by atoms with Crippen molar-refractivity contribution in [3.8, 4) is 0 Å². The highest BCUT2D eigenvalue weighted by Crippen LogP contribution is 2.31. The molecule has 1 aliphatic rings.